The molecule has 0 heterocycles. The molecule has 0 aliphatic heterocycles. The number of hydrogen-bond acceptors (Lipinski definition) is 1. The Hall–Kier alpha value is -3.65. The number of benzene rings is 4. The van der Waals surface area contributed by atoms with Crippen molar-refractivity contribution in [1.29, 1.82) is 0 Å². The van der Waals surface area contributed by atoms with Gasteiger partial charge in [0.15, 0.2) is 0 Å². The second-order valence-corrected chi connectivity index (χ2v) is 7.01. The van der Waals surface area contributed by atoms with Gasteiger partial charge >= 0.3 is 0 Å². The first-order valence-corrected chi connectivity index (χ1v) is 9.46. The van der Waals surface area contributed by atoms with E-state index < -0.39 is 0 Å². The van der Waals surface area contributed by atoms with Crippen LogP contribution >= 0.6 is 0 Å². The molecule has 5 rings (SSSR count). The zero-order chi connectivity index (χ0) is 18.9. The number of hydrogen-bond donors (Lipinski definition) is 1. The number of carbonyl (C=O) groups is 1. The van der Waals surface area contributed by atoms with Crippen molar-refractivity contribution in [2.45, 2.75) is 0 Å². The zero-order valence-electron chi connectivity index (χ0n) is 15.3. The minimum absolute atomic E-state index is 0.0223. The fraction of sp³-hybridized carbons (Fsp3) is 0.0385. The molecule has 1 amide bonds. The van der Waals surface area contributed by atoms with Gasteiger partial charge in [0.2, 0.25) is 5.91 Å². The van der Waals surface area contributed by atoms with Gasteiger partial charge in [0.1, 0.15) is 0 Å². The number of anilines is 1. The molecule has 134 valence electrons. The van der Waals surface area contributed by atoms with Crippen molar-refractivity contribution in [2.24, 2.45) is 5.92 Å². The molecule has 0 unspecified atom stereocenters. The van der Waals surface area contributed by atoms with Gasteiger partial charge in [-0.15, -0.1) is 0 Å². The smallest absolute Gasteiger partial charge is 0.236 e. The van der Waals surface area contributed by atoms with Crippen molar-refractivity contribution >= 4 is 33.5 Å². The highest BCUT2D eigenvalue weighted by Crippen LogP contribution is 2.53. The molecule has 2 heteroatoms. The summed E-state index contributed by atoms with van der Waals surface area (Å²) < 4.78 is 0. The molecule has 0 atom stereocenters. The number of carbonyl (C=O) groups excluding carboxylic acids is 1. The third kappa shape index (κ3) is 2.89. The van der Waals surface area contributed by atoms with Gasteiger partial charge < -0.3 is 5.32 Å². The lowest BCUT2D eigenvalue weighted by Gasteiger charge is -2.09. The molecular formula is C26H19NO. The Bertz CT molecular complexity index is 1140. The summed E-state index contributed by atoms with van der Waals surface area (Å²) in [5, 5.41) is 5.34. The summed E-state index contributed by atoms with van der Waals surface area (Å²) in [6, 6.07) is 34.5. The maximum absolute atomic E-state index is 13.2. The molecule has 0 saturated heterocycles. The molecular weight excluding hydrogens is 342 g/mol. The minimum atomic E-state index is -0.219. The van der Waals surface area contributed by atoms with Gasteiger partial charge in [-0.3, -0.25) is 4.79 Å². The van der Waals surface area contributed by atoms with Crippen LogP contribution in [0.1, 0.15) is 11.1 Å². The molecule has 1 N–H and O–H groups in total. The Morgan fingerprint density at radius 3 is 1.79 bits per heavy atom. The molecule has 0 aromatic heterocycles. The van der Waals surface area contributed by atoms with Crippen LogP contribution < -0.4 is 5.32 Å². The summed E-state index contributed by atoms with van der Waals surface area (Å²) in [4.78, 5) is 13.2. The first-order chi connectivity index (χ1) is 13.8. The molecule has 4 aromatic carbocycles. The van der Waals surface area contributed by atoms with E-state index in [4.69, 9.17) is 0 Å². The maximum atomic E-state index is 13.2. The van der Waals surface area contributed by atoms with E-state index in [1.54, 1.807) is 0 Å². The third-order valence-corrected chi connectivity index (χ3v) is 5.26. The van der Waals surface area contributed by atoms with Gasteiger partial charge in [0.05, 0.1) is 5.92 Å². The molecule has 0 fully saturated rings. The van der Waals surface area contributed by atoms with E-state index >= 15 is 0 Å². The van der Waals surface area contributed by atoms with Gasteiger partial charge in [-0.2, -0.15) is 0 Å². The Balaban J connectivity index is 1.49. The van der Waals surface area contributed by atoms with Crippen LogP contribution in [0.25, 0.3) is 21.9 Å². The monoisotopic (exact) mass is 361 g/mol. The van der Waals surface area contributed by atoms with Crippen LogP contribution in [0.3, 0.4) is 0 Å². The van der Waals surface area contributed by atoms with Crippen molar-refractivity contribution in [1.82, 2.24) is 0 Å². The van der Waals surface area contributed by atoms with Crippen molar-refractivity contribution in [3.63, 3.8) is 0 Å². The van der Waals surface area contributed by atoms with Crippen LogP contribution in [0.5, 0.6) is 0 Å². The molecule has 28 heavy (non-hydrogen) atoms. The molecule has 0 bridgehead atoms. The summed E-state index contributed by atoms with van der Waals surface area (Å²) in [7, 11) is 0. The predicted octanol–water partition coefficient (Wildman–Crippen LogP) is 6.02. The van der Waals surface area contributed by atoms with E-state index in [0.717, 1.165) is 38.7 Å². The lowest BCUT2D eigenvalue weighted by Crippen LogP contribution is -2.16. The highest BCUT2D eigenvalue weighted by atomic mass is 16.2. The maximum Gasteiger partial charge on any atom is 0.236 e. The lowest BCUT2D eigenvalue weighted by molar-refractivity contribution is -0.116. The van der Waals surface area contributed by atoms with Crippen LogP contribution in [0.15, 0.2) is 103 Å². The molecule has 1 aliphatic carbocycles. The number of rotatable bonds is 4. The minimum Gasteiger partial charge on any atom is -0.325 e. The summed E-state index contributed by atoms with van der Waals surface area (Å²) >= 11 is 0. The quantitative estimate of drug-likeness (QED) is 0.473. The predicted molar refractivity (Wildman–Crippen MR) is 116 cm³/mol. The Labute approximate surface area is 164 Å². The molecule has 1 aliphatic rings. The van der Waals surface area contributed by atoms with Crippen LogP contribution in [0.2, 0.25) is 0 Å². The van der Waals surface area contributed by atoms with Crippen LogP contribution in [-0.4, -0.2) is 5.91 Å². The summed E-state index contributed by atoms with van der Waals surface area (Å²) in [5.41, 5.74) is 5.31. The SMILES string of the molecule is O=C(Nc1cccc2ccccc12)C1C(c2ccccc2)=C1c1ccccc1. The van der Waals surface area contributed by atoms with E-state index in [1.807, 2.05) is 66.7 Å². The van der Waals surface area contributed by atoms with Gasteiger partial charge in [0.25, 0.3) is 0 Å². The summed E-state index contributed by atoms with van der Waals surface area (Å²) in [6.07, 6.45) is 0. The fourth-order valence-corrected chi connectivity index (χ4v) is 3.90. The molecule has 0 radical (unpaired) electrons. The Morgan fingerprint density at radius 2 is 1.14 bits per heavy atom. The van der Waals surface area contributed by atoms with E-state index in [2.05, 4.69) is 41.7 Å². The second-order valence-electron chi connectivity index (χ2n) is 7.01. The van der Waals surface area contributed by atoms with Gasteiger partial charge in [-0.05, 0) is 33.7 Å². The number of amides is 1. The standard InChI is InChI=1S/C26H19NO/c28-26(27-22-17-9-15-18-10-7-8-16-21(18)22)25-23(19-11-3-1-4-12-19)24(25)20-13-5-2-6-14-20/h1-17,25H,(H,27,28). The Morgan fingerprint density at radius 1 is 0.607 bits per heavy atom. The van der Waals surface area contributed by atoms with Gasteiger partial charge in [-0.1, -0.05) is 97.1 Å². The average Bonchev–Trinajstić information content (AvgIpc) is 3.51. The van der Waals surface area contributed by atoms with E-state index in [9.17, 15) is 4.79 Å². The molecule has 0 spiro atoms. The highest BCUT2D eigenvalue weighted by molar-refractivity contribution is 6.26. The topological polar surface area (TPSA) is 29.1 Å². The normalized spacial score (nSPS) is 13.6. The van der Waals surface area contributed by atoms with Crippen LogP contribution in [0, 0.1) is 5.92 Å². The number of nitrogens with one attached hydrogen (secondary N) is 1. The molecule has 2 nitrogen and oxygen atoms in total. The van der Waals surface area contributed by atoms with Crippen molar-refractivity contribution < 1.29 is 4.79 Å². The third-order valence-electron chi connectivity index (χ3n) is 5.26. The zero-order valence-corrected chi connectivity index (χ0v) is 15.3. The van der Waals surface area contributed by atoms with Gasteiger partial charge in [-0.25, -0.2) is 0 Å². The fourth-order valence-electron chi connectivity index (χ4n) is 3.90. The second kappa shape index (κ2) is 6.82. The summed E-state index contributed by atoms with van der Waals surface area (Å²) in [5.74, 6) is -0.196. The highest BCUT2D eigenvalue weighted by Gasteiger charge is 2.43. The van der Waals surface area contributed by atoms with Crippen molar-refractivity contribution in [3.8, 4) is 0 Å². The summed E-state index contributed by atoms with van der Waals surface area (Å²) in [6.45, 7) is 0. The lowest BCUT2D eigenvalue weighted by atomic mass is 10.1. The first-order valence-electron chi connectivity index (χ1n) is 9.46. The van der Waals surface area contributed by atoms with E-state index in [0.29, 0.717) is 0 Å². The molecule has 4 aromatic rings. The van der Waals surface area contributed by atoms with Crippen molar-refractivity contribution in [3.05, 3.63) is 114 Å². The Kier molecular flexibility index (Phi) is 4.02. The van der Waals surface area contributed by atoms with E-state index in [-0.39, 0.29) is 11.8 Å². The van der Waals surface area contributed by atoms with E-state index in [1.165, 1.54) is 0 Å². The molecule has 0 saturated carbocycles. The van der Waals surface area contributed by atoms with Gasteiger partial charge in [0, 0.05) is 11.1 Å². The van der Waals surface area contributed by atoms with Crippen molar-refractivity contribution in [2.75, 3.05) is 5.32 Å². The number of fused-ring (bicyclic) bond motifs is 1. The van der Waals surface area contributed by atoms with Crippen LogP contribution in [0.4, 0.5) is 5.69 Å². The van der Waals surface area contributed by atoms with Crippen LogP contribution in [-0.2, 0) is 4.79 Å². The first kappa shape index (κ1) is 16.5. The average molecular weight is 361 g/mol. The largest absolute Gasteiger partial charge is 0.325 e.